The van der Waals surface area contributed by atoms with Crippen LogP contribution in [0.25, 0.3) is 11.4 Å². The Morgan fingerprint density at radius 1 is 1.19 bits per heavy atom. The third-order valence-electron chi connectivity index (χ3n) is 5.72. The molecular weight excluding hydrogens is 269 g/mol. The standard InChI is InChI=1S/C15H16FN5/c16-10-4-3-9(6-11(10)17)15-18-19-20-21(15)14-12-7-1-2-8(5-7)13(12)14/h3-4,6-8,12-14H,1-2,5,17H2. The highest BCUT2D eigenvalue weighted by Crippen LogP contribution is 2.71. The molecule has 2 N–H and O–H groups in total. The van der Waals surface area contributed by atoms with Gasteiger partial charge in [0.15, 0.2) is 5.82 Å². The molecule has 108 valence electrons. The maximum Gasteiger partial charge on any atom is 0.182 e. The summed E-state index contributed by atoms with van der Waals surface area (Å²) >= 11 is 0. The highest BCUT2D eigenvalue weighted by molar-refractivity contribution is 5.61. The maximum absolute atomic E-state index is 13.3. The molecule has 0 aliphatic heterocycles. The molecule has 0 spiro atoms. The lowest BCUT2D eigenvalue weighted by Crippen LogP contribution is -2.08. The molecule has 3 saturated carbocycles. The van der Waals surface area contributed by atoms with Crippen molar-refractivity contribution in [1.29, 1.82) is 0 Å². The van der Waals surface area contributed by atoms with Gasteiger partial charge in [-0.05, 0) is 71.6 Å². The Kier molecular flexibility index (Phi) is 2.11. The van der Waals surface area contributed by atoms with E-state index in [0.717, 1.165) is 29.2 Å². The average Bonchev–Trinajstić information content (AvgIpc) is 2.90. The first kappa shape index (κ1) is 11.7. The number of nitrogen functional groups attached to an aromatic ring is 1. The number of nitrogens with two attached hydrogens (primary N) is 1. The van der Waals surface area contributed by atoms with E-state index < -0.39 is 5.82 Å². The average molecular weight is 285 g/mol. The first-order valence-electron chi connectivity index (χ1n) is 7.57. The Labute approximate surface area is 121 Å². The van der Waals surface area contributed by atoms with Gasteiger partial charge in [-0.25, -0.2) is 9.07 Å². The molecule has 3 aliphatic rings. The summed E-state index contributed by atoms with van der Waals surface area (Å²) in [6, 6.07) is 5.12. The van der Waals surface area contributed by atoms with Crippen molar-refractivity contribution >= 4 is 5.69 Å². The second-order valence-electron chi connectivity index (χ2n) is 6.66. The van der Waals surface area contributed by atoms with E-state index in [1.54, 1.807) is 12.1 Å². The van der Waals surface area contributed by atoms with Crippen molar-refractivity contribution in [1.82, 2.24) is 20.2 Å². The summed E-state index contributed by atoms with van der Waals surface area (Å²) in [5.74, 6) is 3.54. The molecule has 1 aromatic heterocycles. The van der Waals surface area contributed by atoms with Crippen molar-refractivity contribution in [3.63, 3.8) is 0 Å². The molecule has 6 heteroatoms. The summed E-state index contributed by atoms with van der Waals surface area (Å²) in [5.41, 5.74) is 6.59. The van der Waals surface area contributed by atoms with Crippen LogP contribution in [0.15, 0.2) is 18.2 Å². The smallest absolute Gasteiger partial charge is 0.182 e. The molecule has 4 unspecified atom stereocenters. The van der Waals surface area contributed by atoms with Gasteiger partial charge in [-0.3, -0.25) is 0 Å². The van der Waals surface area contributed by atoms with Gasteiger partial charge in [0.2, 0.25) is 0 Å². The van der Waals surface area contributed by atoms with Crippen LogP contribution < -0.4 is 5.73 Å². The van der Waals surface area contributed by atoms with Crippen molar-refractivity contribution in [2.75, 3.05) is 5.73 Å². The van der Waals surface area contributed by atoms with E-state index in [4.69, 9.17) is 5.73 Å². The Morgan fingerprint density at radius 3 is 2.67 bits per heavy atom. The fourth-order valence-corrected chi connectivity index (χ4v) is 4.87. The van der Waals surface area contributed by atoms with E-state index >= 15 is 0 Å². The summed E-state index contributed by atoms with van der Waals surface area (Å²) in [6.07, 6.45) is 4.12. The number of hydrogen-bond donors (Lipinski definition) is 1. The molecule has 21 heavy (non-hydrogen) atoms. The van der Waals surface area contributed by atoms with Gasteiger partial charge in [-0.1, -0.05) is 0 Å². The largest absolute Gasteiger partial charge is 0.396 e. The van der Waals surface area contributed by atoms with Crippen molar-refractivity contribution in [2.24, 2.45) is 23.7 Å². The van der Waals surface area contributed by atoms with E-state index in [1.807, 2.05) is 4.68 Å². The van der Waals surface area contributed by atoms with Crippen LogP contribution in [0.4, 0.5) is 10.1 Å². The highest BCUT2D eigenvalue weighted by Gasteiger charge is 2.66. The second kappa shape index (κ2) is 3.81. The molecule has 2 aromatic rings. The Bertz CT molecular complexity index is 711. The number of anilines is 1. The summed E-state index contributed by atoms with van der Waals surface area (Å²) in [4.78, 5) is 0. The molecule has 4 atom stereocenters. The van der Waals surface area contributed by atoms with Crippen LogP contribution in [-0.4, -0.2) is 20.2 Å². The molecule has 3 fully saturated rings. The van der Waals surface area contributed by atoms with Gasteiger partial charge in [0.25, 0.3) is 0 Å². The van der Waals surface area contributed by atoms with E-state index in [1.165, 1.54) is 25.3 Å². The Balaban J connectivity index is 1.53. The summed E-state index contributed by atoms with van der Waals surface area (Å²) < 4.78 is 15.3. The number of fused-ring (bicyclic) bond motifs is 5. The highest BCUT2D eigenvalue weighted by atomic mass is 19.1. The zero-order chi connectivity index (χ0) is 14.1. The maximum atomic E-state index is 13.3. The number of hydrogen-bond acceptors (Lipinski definition) is 4. The fourth-order valence-electron chi connectivity index (χ4n) is 4.87. The van der Waals surface area contributed by atoms with Gasteiger partial charge in [-0.15, -0.1) is 5.10 Å². The van der Waals surface area contributed by atoms with Crippen LogP contribution in [-0.2, 0) is 0 Å². The van der Waals surface area contributed by atoms with Crippen LogP contribution in [0, 0.1) is 29.5 Å². The molecule has 2 bridgehead atoms. The predicted octanol–water partition coefficient (Wildman–Crippen LogP) is 2.28. The molecule has 0 saturated heterocycles. The number of nitrogens with zero attached hydrogens (tertiary/aromatic N) is 4. The van der Waals surface area contributed by atoms with E-state index in [0.29, 0.717) is 11.9 Å². The molecule has 0 radical (unpaired) electrons. The summed E-state index contributed by atoms with van der Waals surface area (Å²) in [7, 11) is 0. The fraction of sp³-hybridized carbons (Fsp3) is 0.533. The summed E-state index contributed by atoms with van der Waals surface area (Å²) in [5, 5.41) is 12.2. The zero-order valence-corrected chi connectivity index (χ0v) is 11.5. The van der Waals surface area contributed by atoms with Crippen LogP contribution in [0.3, 0.4) is 0 Å². The molecule has 1 heterocycles. The van der Waals surface area contributed by atoms with Gasteiger partial charge in [-0.2, -0.15) is 0 Å². The van der Waals surface area contributed by atoms with E-state index in [2.05, 4.69) is 15.5 Å². The molecule has 5 nitrogen and oxygen atoms in total. The van der Waals surface area contributed by atoms with E-state index in [-0.39, 0.29) is 5.69 Å². The predicted molar refractivity (Wildman–Crippen MR) is 74.5 cm³/mol. The van der Waals surface area contributed by atoms with Crippen LogP contribution in [0.2, 0.25) is 0 Å². The molecular formula is C15H16FN5. The van der Waals surface area contributed by atoms with Crippen molar-refractivity contribution < 1.29 is 4.39 Å². The molecule has 0 amide bonds. The van der Waals surface area contributed by atoms with Crippen LogP contribution in [0.5, 0.6) is 0 Å². The van der Waals surface area contributed by atoms with E-state index in [9.17, 15) is 4.39 Å². The quantitative estimate of drug-likeness (QED) is 0.859. The Morgan fingerprint density at radius 2 is 1.95 bits per heavy atom. The van der Waals surface area contributed by atoms with Gasteiger partial charge in [0, 0.05) is 5.56 Å². The number of benzene rings is 1. The SMILES string of the molecule is Nc1cc(-c2nnnn2C2C3C4CCC(C4)C32)ccc1F. The van der Waals surface area contributed by atoms with Crippen molar-refractivity contribution in [2.45, 2.75) is 25.3 Å². The van der Waals surface area contributed by atoms with Crippen molar-refractivity contribution in [3.8, 4) is 11.4 Å². The van der Waals surface area contributed by atoms with Gasteiger partial charge in [0.1, 0.15) is 5.82 Å². The minimum absolute atomic E-state index is 0.137. The molecule has 3 aliphatic carbocycles. The second-order valence-corrected chi connectivity index (χ2v) is 6.66. The van der Waals surface area contributed by atoms with Crippen molar-refractivity contribution in [3.05, 3.63) is 24.0 Å². The third-order valence-corrected chi connectivity index (χ3v) is 5.72. The van der Waals surface area contributed by atoms with Gasteiger partial charge >= 0.3 is 0 Å². The van der Waals surface area contributed by atoms with Crippen LogP contribution in [0.1, 0.15) is 25.3 Å². The normalized spacial score (nSPS) is 36.0. The lowest BCUT2D eigenvalue weighted by atomic mass is 10.0. The zero-order valence-electron chi connectivity index (χ0n) is 11.5. The summed E-state index contributed by atoms with van der Waals surface area (Å²) in [6.45, 7) is 0. The van der Waals surface area contributed by atoms with Gasteiger partial charge in [0.05, 0.1) is 11.7 Å². The number of aromatic nitrogens is 4. The third kappa shape index (κ3) is 1.47. The first-order chi connectivity index (χ1) is 10.2. The molecule has 5 rings (SSSR count). The minimum Gasteiger partial charge on any atom is -0.396 e. The topological polar surface area (TPSA) is 69.6 Å². The number of rotatable bonds is 2. The monoisotopic (exact) mass is 285 g/mol. The molecule has 1 aromatic carbocycles. The minimum atomic E-state index is -0.404. The number of halogens is 1. The first-order valence-corrected chi connectivity index (χ1v) is 7.57. The number of tetrazole rings is 1. The van der Waals surface area contributed by atoms with Crippen LogP contribution >= 0.6 is 0 Å². The Hall–Kier alpha value is -1.98. The van der Waals surface area contributed by atoms with Gasteiger partial charge < -0.3 is 5.73 Å². The lowest BCUT2D eigenvalue weighted by molar-refractivity contribution is 0.427. The lowest BCUT2D eigenvalue weighted by Gasteiger charge is -2.10.